The maximum Gasteiger partial charge on any atom is 0.306 e. The van der Waals surface area contributed by atoms with Crippen molar-refractivity contribution < 1.29 is 32.3 Å². The summed E-state index contributed by atoms with van der Waals surface area (Å²) in [6.45, 7) is 12.7. The van der Waals surface area contributed by atoms with Gasteiger partial charge in [-0.25, -0.2) is 8.42 Å². The number of rotatable bonds is 12. The van der Waals surface area contributed by atoms with E-state index >= 15 is 0 Å². The number of esters is 1. The predicted octanol–water partition coefficient (Wildman–Crippen LogP) is 4.69. The molecule has 9 nitrogen and oxygen atoms in total. The van der Waals surface area contributed by atoms with E-state index in [2.05, 4.69) is 25.1 Å². The highest BCUT2D eigenvalue weighted by Gasteiger charge is 2.85. The topological polar surface area (TPSA) is 127 Å². The molecule has 244 valence electrons. The zero-order valence-corrected chi connectivity index (χ0v) is 27.7. The Morgan fingerprint density at radius 3 is 2.16 bits per heavy atom. The second-order valence-corrected chi connectivity index (χ2v) is 17.8. The Hall–Kier alpha value is -2.23. The van der Waals surface area contributed by atoms with Gasteiger partial charge in [-0.2, -0.15) is 0 Å². The minimum absolute atomic E-state index is 0.0180. The van der Waals surface area contributed by atoms with Crippen LogP contribution in [0.15, 0.2) is 12.7 Å². The molecule has 1 heterocycles. The van der Waals surface area contributed by atoms with Gasteiger partial charge in [0.1, 0.15) is 6.10 Å². The number of carbonyl (C=O) groups is 4. The van der Waals surface area contributed by atoms with Gasteiger partial charge < -0.3 is 9.64 Å². The molecule has 5 atom stereocenters. The molecule has 0 aromatic heterocycles. The van der Waals surface area contributed by atoms with E-state index in [0.717, 1.165) is 44.9 Å². The Morgan fingerprint density at radius 1 is 1.00 bits per heavy atom. The van der Waals surface area contributed by atoms with Crippen molar-refractivity contribution in [2.75, 3.05) is 6.54 Å². The average molecular weight is 631 g/mol. The number of likely N-dealkylation sites (tertiary alicyclic amines) is 1. The van der Waals surface area contributed by atoms with Crippen LogP contribution >= 0.6 is 0 Å². The van der Waals surface area contributed by atoms with Gasteiger partial charge in [0, 0.05) is 18.4 Å². The first-order chi connectivity index (χ1) is 20.6. The zero-order valence-electron chi connectivity index (χ0n) is 26.9. The second-order valence-electron chi connectivity index (χ2n) is 15.8. The van der Waals surface area contributed by atoms with Crippen LogP contribution in [0.3, 0.4) is 0 Å². The molecule has 10 heteroatoms. The molecule has 5 aliphatic carbocycles. The first kappa shape index (κ1) is 31.7. The molecule has 2 amide bonds. The lowest BCUT2D eigenvalue weighted by Gasteiger charge is -2.32. The monoisotopic (exact) mass is 630 g/mol. The van der Waals surface area contributed by atoms with Crippen molar-refractivity contribution >= 4 is 33.6 Å². The van der Waals surface area contributed by atoms with Gasteiger partial charge in [-0.05, 0) is 86.9 Å². The number of carbonyl (C=O) groups excluding carboxylic acids is 4. The van der Waals surface area contributed by atoms with E-state index in [1.54, 1.807) is 11.0 Å². The number of ketones is 1. The maximum absolute atomic E-state index is 14.4. The van der Waals surface area contributed by atoms with Crippen molar-refractivity contribution in [2.45, 2.75) is 129 Å². The van der Waals surface area contributed by atoms with Crippen LogP contribution in [0.1, 0.15) is 111 Å². The maximum atomic E-state index is 14.4. The summed E-state index contributed by atoms with van der Waals surface area (Å²) < 4.78 is 33.3. The molecule has 0 bridgehead atoms. The smallest absolute Gasteiger partial charge is 0.306 e. The van der Waals surface area contributed by atoms with E-state index in [1.807, 2.05) is 13.8 Å². The number of hydrogen-bond acceptors (Lipinski definition) is 7. The molecule has 0 unspecified atom stereocenters. The van der Waals surface area contributed by atoms with Crippen molar-refractivity contribution in [3.8, 4) is 0 Å². The summed E-state index contributed by atoms with van der Waals surface area (Å²) in [4.78, 5) is 56.9. The molecule has 0 aromatic rings. The second kappa shape index (κ2) is 10.7. The normalized spacial score (nSPS) is 34.1. The quantitative estimate of drug-likeness (QED) is 0.245. The predicted molar refractivity (Wildman–Crippen MR) is 164 cm³/mol. The molecule has 6 fully saturated rings. The van der Waals surface area contributed by atoms with Gasteiger partial charge in [0.15, 0.2) is 5.78 Å². The van der Waals surface area contributed by atoms with E-state index < -0.39 is 38.6 Å². The molecule has 0 aromatic carbocycles. The Morgan fingerprint density at radius 2 is 1.66 bits per heavy atom. The van der Waals surface area contributed by atoms with Crippen LogP contribution in [0.25, 0.3) is 0 Å². The molecule has 5 saturated carbocycles. The number of sulfonamides is 1. The van der Waals surface area contributed by atoms with Crippen LogP contribution in [0, 0.1) is 39.4 Å². The first-order valence-corrected chi connectivity index (χ1v) is 18.4. The number of ether oxygens (including phenoxy) is 1. The summed E-state index contributed by atoms with van der Waals surface area (Å²) in [7, 11) is -3.77. The molecule has 2 spiro atoms. The van der Waals surface area contributed by atoms with Crippen LogP contribution in [0.4, 0.5) is 0 Å². The lowest BCUT2D eigenvalue weighted by atomic mass is 9.73. The third-order valence-corrected chi connectivity index (χ3v) is 15.0. The number of fused-ring (bicyclic) bond motifs is 1. The summed E-state index contributed by atoms with van der Waals surface area (Å²) >= 11 is 0. The molecule has 1 saturated heterocycles. The van der Waals surface area contributed by atoms with Gasteiger partial charge in [-0.3, -0.25) is 23.9 Å². The molecule has 44 heavy (non-hydrogen) atoms. The number of amides is 2. The summed E-state index contributed by atoms with van der Waals surface area (Å²) in [5.74, 6) is -2.43. The van der Waals surface area contributed by atoms with Crippen LogP contribution in [-0.4, -0.2) is 60.8 Å². The number of nitrogens with one attached hydrogen (secondary N) is 1. The lowest BCUT2D eigenvalue weighted by molar-refractivity contribution is -0.155. The summed E-state index contributed by atoms with van der Waals surface area (Å²) in [5.41, 5.74) is -1.29. The molecule has 1 N–H and O–H groups in total. The Labute approximate surface area is 262 Å². The van der Waals surface area contributed by atoms with E-state index in [-0.39, 0.29) is 64.7 Å². The van der Waals surface area contributed by atoms with Gasteiger partial charge in [0.2, 0.25) is 21.8 Å². The van der Waals surface area contributed by atoms with Crippen LogP contribution in [0.2, 0.25) is 0 Å². The highest BCUT2D eigenvalue weighted by Crippen LogP contribution is 2.88. The van der Waals surface area contributed by atoms with Crippen LogP contribution in [0.5, 0.6) is 0 Å². The Kier molecular flexibility index (Phi) is 7.69. The largest absolute Gasteiger partial charge is 0.462 e. The molecule has 6 rings (SSSR count). The van der Waals surface area contributed by atoms with Gasteiger partial charge >= 0.3 is 5.97 Å². The average Bonchev–Trinajstić information content (AvgIpc) is 3.85. The van der Waals surface area contributed by atoms with Crippen molar-refractivity contribution in [3.63, 3.8) is 0 Å². The molecule has 1 aliphatic heterocycles. The number of hydrogen-bond donors (Lipinski definition) is 1. The number of allylic oxidation sites excluding steroid dienone is 1. The summed E-state index contributed by atoms with van der Waals surface area (Å²) in [6, 6.07) is -0.718. The highest BCUT2D eigenvalue weighted by atomic mass is 32.2. The van der Waals surface area contributed by atoms with E-state index in [1.165, 1.54) is 0 Å². The molecular weight excluding hydrogens is 580 g/mol. The van der Waals surface area contributed by atoms with Gasteiger partial charge in [0.25, 0.3) is 0 Å². The Balaban J connectivity index is 1.24. The van der Waals surface area contributed by atoms with Crippen LogP contribution in [-0.2, 0) is 33.9 Å². The van der Waals surface area contributed by atoms with Crippen molar-refractivity contribution in [1.82, 2.24) is 9.62 Å². The van der Waals surface area contributed by atoms with Crippen LogP contribution < -0.4 is 4.72 Å². The number of nitrogens with zero attached hydrogens (tertiary/aromatic N) is 1. The van der Waals surface area contributed by atoms with Gasteiger partial charge in [0.05, 0.1) is 29.0 Å². The van der Waals surface area contributed by atoms with Crippen molar-refractivity contribution in [2.24, 2.45) is 39.4 Å². The molecular formula is C34H50N2O7S. The highest BCUT2D eigenvalue weighted by molar-refractivity contribution is 7.90. The van der Waals surface area contributed by atoms with Gasteiger partial charge in [-0.1, -0.05) is 40.2 Å². The zero-order chi connectivity index (χ0) is 31.9. The van der Waals surface area contributed by atoms with E-state index in [9.17, 15) is 27.6 Å². The third kappa shape index (κ3) is 4.79. The lowest BCUT2D eigenvalue weighted by Crippen LogP contribution is -2.47. The number of Topliss-reactive ketones (excluding diaryl/α,β-unsaturated/α-hetero) is 1. The molecule has 0 radical (unpaired) electrons. The van der Waals surface area contributed by atoms with Crippen molar-refractivity contribution in [1.29, 1.82) is 0 Å². The fourth-order valence-corrected chi connectivity index (χ4v) is 11.1. The Bertz CT molecular complexity index is 1360. The summed E-state index contributed by atoms with van der Waals surface area (Å²) in [6.07, 6.45) is 10.5. The SMILES string of the molecule is C=C[C@@H]1C[C@]1(CC(=O)[C@@H]1C[C@@]2(CN1C(=O)[C@@H](CC(=O)OC1CCCC1)C(C)C)C(C)(C)C21CCC1)C(=O)NS(=O)(=O)C1CC1. The fourth-order valence-electron chi connectivity index (χ4n) is 9.67. The molecule has 6 aliphatic rings. The van der Waals surface area contributed by atoms with Gasteiger partial charge in [-0.15, -0.1) is 6.58 Å². The first-order valence-electron chi connectivity index (χ1n) is 16.9. The fraction of sp³-hybridized carbons (Fsp3) is 0.824. The minimum Gasteiger partial charge on any atom is -0.462 e. The van der Waals surface area contributed by atoms with E-state index in [0.29, 0.717) is 32.2 Å². The van der Waals surface area contributed by atoms with E-state index in [4.69, 9.17) is 4.74 Å². The third-order valence-electron chi connectivity index (χ3n) is 13.1. The standard InChI is InChI=1S/C34H50N2O7S/c1-6-22-17-32(22,30(40)35-44(41,42)24-12-13-24)19-27(37)26-18-34(31(4,5)33(34)14-9-15-33)20-36(26)29(39)25(21(2)3)16-28(38)43-23-10-7-8-11-23/h6,21-26H,1,7-20H2,2-5H3,(H,35,40)/t22-,25+,26+,32-,34-/m1/s1. The minimum atomic E-state index is -3.77. The van der Waals surface area contributed by atoms with Crippen molar-refractivity contribution in [3.05, 3.63) is 12.7 Å². The summed E-state index contributed by atoms with van der Waals surface area (Å²) in [5, 5.41) is -0.549.